The molecule has 2 aliphatic heterocycles. The number of hydrogen-bond acceptors (Lipinski definition) is 12. The molecule has 1 aromatic carbocycles. The first-order chi connectivity index (χ1) is 19.9. The Balaban J connectivity index is 1.30. The van der Waals surface area contributed by atoms with Crippen LogP contribution in [0.5, 0.6) is 11.5 Å². The fourth-order valence-electron chi connectivity index (χ4n) is 6.36. The zero-order valence-corrected chi connectivity index (χ0v) is 22.6. The van der Waals surface area contributed by atoms with E-state index in [-0.39, 0.29) is 29.4 Å². The molecule has 2 aliphatic carbocycles. The average Bonchev–Trinajstić information content (AvgIpc) is 3.39. The summed E-state index contributed by atoms with van der Waals surface area (Å²) in [5, 5.41) is 61.3. The third-order valence-electron chi connectivity index (χ3n) is 8.55. The highest BCUT2D eigenvalue weighted by Gasteiger charge is 2.57. The second-order valence-corrected chi connectivity index (χ2v) is 11.1. The van der Waals surface area contributed by atoms with Crippen LogP contribution in [0.3, 0.4) is 0 Å². The van der Waals surface area contributed by atoms with Gasteiger partial charge in [0.25, 0.3) is 0 Å². The van der Waals surface area contributed by atoms with Crippen LogP contribution in [0, 0.1) is 17.8 Å². The van der Waals surface area contributed by atoms with Gasteiger partial charge in [0.05, 0.1) is 24.7 Å². The summed E-state index contributed by atoms with van der Waals surface area (Å²) in [6.45, 7) is 11.4. The van der Waals surface area contributed by atoms with Gasteiger partial charge >= 0.3 is 11.9 Å². The van der Waals surface area contributed by atoms with Gasteiger partial charge in [-0.25, -0.2) is 9.59 Å². The maximum atomic E-state index is 12.6. The van der Waals surface area contributed by atoms with Gasteiger partial charge in [0, 0.05) is 17.6 Å². The number of ether oxygens (including phenoxy) is 4. The van der Waals surface area contributed by atoms with E-state index in [2.05, 4.69) is 19.7 Å². The first-order valence-electron chi connectivity index (χ1n) is 13.5. The number of fused-ring (bicyclic) bond motifs is 3. The van der Waals surface area contributed by atoms with Crippen LogP contribution >= 0.6 is 0 Å². The number of carbonyl (C=O) groups excluding carboxylic acids is 2. The normalized spacial score (nSPS) is 38.2. The van der Waals surface area contributed by atoms with Crippen molar-refractivity contribution in [2.24, 2.45) is 17.8 Å². The number of aliphatic hydroxyl groups excluding tert-OH is 4. The lowest BCUT2D eigenvalue weighted by Crippen LogP contribution is -2.61. The second-order valence-electron chi connectivity index (χ2n) is 11.1. The topological polar surface area (TPSA) is 192 Å². The number of esters is 2. The van der Waals surface area contributed by atoms with Gasteiger partial charge in [0.2, 0.25) is 0 Å². The van der Waals surface area contributed by atoms with Crippen LogP contribution in [0.4, 0.5) is 0 Å². The third-order valence-corrected chi connectivity index (χ3v) is 8.55. The molecule has 226 valence electrons. The molecule has 4 aliphatic rings. The van der Waals surface area contributed by atoms with Gasteiger partial charge in [-0.2, -0.15) is 0 Å². The Morgan fingerprint density at radius 2 is 1.81 bits per heavy atom. The van der Waals surface area contributed by atoms with Crippen molar-refractivity contribution in [2.75, 3.05) is 6.61 Å². The molecule has 11 unspecified atom stereocenters. The maximum absolute atomic E-state index is 12.6. The summed E-state index contributed by atoms with van der Waals surface area (Å²) in [5.74, 6) is -3.58. The Bertz CT molecular complexity index is 1320. The largest absolute Gasteiger partial charge is 0.504 e. The summed E-state index contributed by atoms with van der Waals surface area (Å²) in [5.41, 5.74) is 1.82. The van der Waals surface area contributed by atoms with Crippen LogP contribution in [0.15, 0.2) is 60.7 Å². The second kappa shape index (κ2) is 11.6. The van der Waals surface area contributed by atoms with E-state index < -0.39 is 79.4 Å². The van der Waals surface area contributed by atoms with Gasteiger partial charge in [-0.15, -0.1) is 0 Å². The minimum absolute atomic E-state index is 0.185. The van der Waals surface area contributed by atoms with Crippen molar-refractivity contribution in [1.82, 2.24) is 0 Å². The Labute approximate surface area is 241 Å². The average molecular weight is 587 g/mol. The molecule has 12 nitrogen and oxygen atoms in total. The lowest BCUT2D eigenvalue weighted by molar-refractivity contribution is -0.309. The highest BCUT2D eigenvalue weighted by atomic mass is 16.7. The van der Waals surface area contributed by atoms with E-state index in [9.17, 15) is 40.2 Å². The van der Waals surface area contributed by atoms with E-state index in [0.717, 1.165) is 11.6 Å². The summed E-state index contributed by atoms with van der Waals surface area (Å²) < 4.78 is 22.7. The van der Waals surface area contributed by atoms with Crippen molar-refractivity contribution in [3.8, 4) is 11.5 Å². The molecule has 2 heterocycles. The van der Waals surface area contributed by atoms with Gasteiger partial charge in [-0.3, -0.25) is 0 Å². The predicted molar refractivity (Wildman–Crippen MR) is 144 cm³/mol. The quantitative estimate of drug-likeness (QED) is 0.117. The summed E-state index contributed by atoms with van der Waals surface area (Å²) in [4.78, 5) is 24.9. The van der Waals surface area contributed by atoms with Crippen molar-refractivity contribution in [3.05, 3.63) is 66.3 Å². The van der Waals surface area contributed by atoms with Gasteiger partial charge in [0.15, 0.2) is 23.9 Å². The summed E-state index contributed by atoms with van der Waals surface area (Å²) in [6.07, 6.45) is -6.99. The minimum atomic E-state index is -1.67. The molecule has 0 aromatic heterocycles. The molecular formula is C30H34O12. The standard InChI is InChI=1S/C30H34O12/c1-12-8-19(34)24-14(3)29(38)42-27(24)23-13(2)20(10-16(12)23)39-30-26(37)28(25(36)21(11-31)40-30)41-22(35)7-5-15-4-6-17(32)18(33)9-15/h4-7,9,16,19-21,23-28,30-34,36-37H,1-3,8,10-11H2/b7-5+. The molecule has 4 fully saturated rings. The number of phenols is 2. The number of rotatable bonds is 6. The predicted octanol–water partition coefficient (Wildman–Crippen LogP) is 0.458. The van der Waals surface area contributed by atoms with E-state index >= 15 is 0 Å². The zero-order chi connectivity index (χ0) is 30.5. The van der Waals surface area contributed by atoms with Crippen molar-refractivity contribution in [2.45, 2.75) is 61.9 Å². The molecule has 2 saturated carbocycles. The maximum Gasteiger partial charge on any atom is 0.334 e. The molecule has 5 rings (SSSR count). The minimum Gasteiger partial charge on any atom is -0.504 e. The number of phenolic OH excluding ortho intramolecular Hbond substituents is 2. The Kier molecular flexibility index (Phi) is 8.30. The van der Waals surface area contributed by atoms with E-state index in [0.29, 0.717) is 17.6 Å². The first-order valence-corrected chi connectivity index (χ1v) is 13.5. The van der Waals surface area contributed by atoms with Crippen molar-refractivity contribution < 1.29 is 59.2 Å². The molecule has 2 saturated heterocycles. The van der Waals surface area contributed by atoms with Crippen LogP contribution in [0.1, 0.15) is 18.4 Å². The van der Waals surface area contributed by atoms with Crippen LogP contribution < -0.4 is 0 Å². The van der Waals surface area contributed by atoms with Crippen molar-refractivity contribution >= 4 is 18.0 Å². The van der Waals surface area contributed by atoms with Crippen LogP contribution in [0.2, 0.25) is 0 Å². The van der Waals surface area contributed by atoms with Crippen molar-refractivity contribution in [1.29, 1.82) is 0 Å². The zero-order valence-electron chi connectivity index (χ0n) is 22.6. The van der Waals surface area contributed by atoms with Gasteiger partial charge < -0.3 is 49.6 Å². The molecule has 1 aromatic rings. The van der Waals surface area contributed by atoms with E-state index in [4.69, 9.17) is 18.9 Å². The summed E-state index contributed by atoms with van der Waals surface area (Å²) in [7, 11) is 0. The van der Waals surface area contributed by atoms with E-state index in [1.54, 1.807) is 0 Å². The number of hydrogen-bond donors (Lipinski definition) is 6. The Hall–Kier alpha value is -3.52. The highest BCUT2D eigenvalue weighted by Crippen LogP contribution is 2.53. The fourth-order valence-corrected chi connectivity index (χ4v) is 6.36. The lowest BCUT2D eigenvalue weighted by atomic mass is 9.81. The molecule has 0 spiro atoms. The number of benzene rings is 1. The lowest BCUT2D eigenvalue weighted by Gasteiger charge is -2.42. The van der Waals surface area contributed by atoms with Gasteiger partial charge in [-0.05, 0) is 48.1 Å². The number of carbonyl (C=O) groups is 2. The summed E-state index contributed by atoms with van der Waals surface area (Å²) in [6, 6.07) is 3.90. The molecule has 0 amide bonds. The fraction of sp³-hybridized carbons (Fsp3) is 0.467. The molecule has 42 heavy (non-hydrogen) atoms. The third kappa shape index (κ3) is 5.37. The molecular weight excluding hydrogens is 552 g/mol. The van der Waals surface area contributed by atoms with E-state index in [1.807, 2.05) is 0 Å². The number of aromatic hydroxyl groups is 2. The molecule has 6 N–H and O–H groups in total. The van der Waals surface area contributed by atoms with Crippen LogP contribution in [-0.2, 0) is 28.5 Å². The van der Waals surface area contributed by atoms with Crippen LogP contribution in [-0.4, -0.2) is 98.2 Å². The van der Waals surface area contributed by atoms with Crippen molar-refractivity contribution in [3.63, 3.8) is 0 Å². The SMILES string of the molecule is C=C1CC(O)C2C(=C)C(=O)OC2C2C(=C)C(OC3OC(CO)C(O)C(OC(=O)/C=C/c4ccc(O)c(O)c4)C3O)CC12. The van der Waals surface area contributed by atoms with E-state index in [1.165, 1.54) is 24.3 Å². The first kappa shape index (κ1) is 30.0. The molecule has 0 radical (unpaired) electrons. The molecule has 11 atom stereocenters. The smallest absolute Gasteiger partial charge is 0.334 e. The highest BCUT2D eigenvalue weighted by molar-refractivity contribution is 5.91. The Morgan fingerprint density at radius 3 is 2.50 bits per heavy atom. The Morgan fingerprint density at radius 1 is 1.07 bits per heavy atom. The monoisotopic (exact) mass is 586 g/mol. The summed E-state index contributed by atoms with van der Waals surface area (Å²) >= 11 is 0. The van der Waals surface area contributed by atoms with Gasteiger partial charge in [-0.1, -0.05) is 31.4 Å². The van der Waals surface area contributed by atoms with Crippen LogP contribution in [0.25, 0.3) is 6.08 Å². The number of aliphatic hydroxyl groups is 4. The molecule has 12 heteroatoms. The van der Waals surface area contributed by atoms with Gasteiger partial charge in [0.1, 0.15) is 24.4 Å². The molecule has 0 bridgehead atoms.